The molecule has 64 valence electrons. The first-order chi connectivity index (χ1) is 5.47. The van der Waals surface area contributed by atoms with Gasteiger partial charge in [0.2, 0.25) is 0 Å². The smallest absolute Gasteiger partial charge is 0.142 e. The lowest BCUT2D eigenvalue weighted by atomic mass is 10.2. The molecular formula is C9H19N2+. The molecule has 11 heavy (non-hydrogen) atoms. The van der Waals surface area contributed by atoms with Crippen LogP contribution in [0.3, 0.4) is 0 Å². The van der Waals surface area contributed by atoms with Crippen LogP contribution in [0.1, 0.15) is 32.1 Å². The molecule has 1 atom stereocenters. The summed E-state index contributed by atoms with van der Waals surface area (Å²) in [5, 5.41) is 2.54. The van der Waals surface area contributed by atoms with Crippen molar-refractivity contribution in [3.05, 3.63) is 0 Å². The number of hydrogen-bond acceptors (Lipinski definition) is 1. The number of nitrogens with zero attached hydrogens (tertiary/aromatic N) is 1. The number of hydrogen-bond donors (Lipinski definition) is 1. The lowest BCUT2D eigenvalue weighted by molar-refractivity contribution is -0.719. The van der Waals surface area contributed by atoms with E-state index in [1.165, 1.54) is 51.7 Å². The molecule has 2 fully saturated rings. The Kier molecular flexibility index (Phi) is 2.44. The number of fused-ring (bicyclic) bond motifs is 1. The highest BCUT2D eigenvalue weighted by Gasteiger charge is 2.25. The number of quaternary nitrogens is 1. The zero-order chi connectivity index (χ0) is 7.52. The Balaban J connectivity index is 1.93. The Labute approximate surface area is 69.0 Å². The quantitative estimate of drug-likeness (QED) is 0.528. The molecule has 2 heteroatoms. The van der Waals surface area contributed by atoms with Gasteiger partial charge >= 0.3 is 0 Å². The van der Waals surface area contributed by atoms with E-state index in [0.29, 0.717) is 0 Å². The van der Waals surface area contributed by atoms with Crippen molar-refractivity contribution in [2.45, 2.75) is 38.3 Å². The average molecular weight is 155 g/mol. The zero-order valence-electron chi connectivity index (χ0n) is 7.26. The van der Waals surface area contributed by atoms with Crippen molar-refractivity contribution in [3.8, 4) is 0 Å². The molecule has 2 nitrogen and oxygen atoms in total. The molecule has 2 aliphatic heterocycles. The van der Waals surface area contributed by atoms with Crippen LogP contribution in [-0.4, -0.2) is 30.7 Å². The molecule has 2 rings (SSSR count). The van der Waals surface area contributed by atoms with Crippen molar-refractivity contribution in [2.24, 2.45) is 0 Å². The van der Waals surface area contributed by atoms with Gasteiger partial charge < -0.3 is 5.32 Å². The van der Waals surface area contributed by atoms with Gasteiger partial charge in [0.05, 0.1) is 6.54 Å². The molecule has 0 aromatic heterocycles. The van der Waals surface area contributed by atoms with Gasteiger partial charge in [-0.3, -0.25) is 4.90 Å². The van der Waals surface area contributed by atoms with E-state index in [4.69, 9.17) is 0 Å². The summed E-state index contributed by atoms with van der Waals surface area (Å²) < 4.78 is 0. The van der Waals surface area contributed by atoms with E-state index in [2.05, 4.69) is 10.2 Å². The molecule has 2 aliphatic rings. The van der Waals surface area contributed by atoms with E-state index in [9.17, 15) is 0 Å². The summed E-state index contributed by atoms with van der Waals surface area (Å²) in [6.45, 7) is 4.09. The van der Waals surface area contributed by atoms with E-state index in [0.717, 1.165) is 6.17 Å². The molecule has 0 aliphatic carbocycles. The third-order valence-electron chi connectivity index (χ3n) is 3.00. The molecule has 0 bridgehead atoms. The summed E-state index contributed by atoms with van der Waals surface area (Å²) in [6.07, 6.45) is 8.03. The Morgan fingerprint density at radius 2 is 1.91 bits per heavy atom. The predicted molar refractivity (Wildman–Crippen MR) is 45.2 cm³/mol. The number of nitrogens with two attached hydrogens (primary N) is 1. The maximum Gasteiger partial charge on any atom is 0.142 e. The minimum Gasteiger partial charge on any atom is -0.331 e. The van der Waals surface area contributed by atoms with E-state index in [1.807, 2.05) is 0 Å². The topological polar surface area (TPSA) is 19.9 Å². The van der Waals surface area contributed by atoms with Crippen LogP contribution in [0.4, 0.5) is 0 Å². The third-order valence-corrected chi connectivity index (χ3v) is 3.00. The minimum atomic E-state index is 0.853. The first-order valence-corrected chi connectivity index (χ1v) is 5.04. The molecule has 0 amide bonds. The van der Waals surface area contributed by atoms with Crippen LogP contribution in [0.2, 0.25) is 0 Å². The molecule has 0 saturated carbocycles. The predicted octanol–water partition coefficient (Wildman–Crippen LogP) is 0.156. The van der Waals surface area contributed by atoms with Crippen molar-refractivity contribution in [2.75, 3.05) is 19.6 Å². The first kappa shape index (κ1) is 7.56. The summed E-state index contributed by atoms with van der Waals surface area (Å²) in [7, 11) is 0. The van der Waals surface area contributed by atoms with Gasteiger partial charge in [-0.25, -0.2) is 0 Å². The average Bonchev–Trinajstić information content (AvgIpc) is 2.28. The Bertz CT molecular complexity index is 111. The van der Waals surface area contributed by atoms with E-state index < -0.39 is 0 Å². The van der Waals surface area contributed by atoms with Crippen molar-refractivity contribution < 1.29 is 5.32 Å². The maximum atomic E-state index is 2.68. The second-order valence-corrected chi connectivity index (χ2v) is 3.83. The largest absolute Gasteiger partial charge is 0.331 e. The van der Waals surface area contributed by atoms with Crippen molar-refractivity contribution >= 4 is 0 Å². The van der Waals surface area contributed by atoms with Gasteiger partial charge in [0.1, 0.15) is 6.17 Å². The molecule has 0 spiro atoms. The van der Waals surface area contributed by atoms with Gasteiger partial charge in [-0.15, -0.1) is 0 Å². The van der Waals surface area contributed by atoms with Crippen LogP contribution in [0.15, 0.2) is 0 Å². The molecule has 0 aromatic rings. The van der Waals surface area contributed by atoms with E-state index in [-0.39, 0.29) is 0 Å². The second-order valence-electron chi connectivity index (χ2n) is 3.83. The molecule has 1 unspecified atom stereocenters. The second kappa shape index (κ2) is 3.55. The van der Waals surface area contributed by atoms with Crippen LogP contribution in [0, 0.1) is 0 Å². The normalized spacial score (nSPS) is 34.4. The molecule has 0 radical (unpaired) electrons. The molecule has 2 N–H and O–H groups in total. The van der Waals surface area contributed by atoms with Gasteiger partial charge in [-0.1, -0.05) is 6.42 Å². The lowest BCUT2D eigenvalue weighted by Gasteiger charge is -2.31. The minimum absolute atomic E-state index is 0.853. The molecule has 2 heterocycles. The molecular weight excluding hydrogens is 136 g/mol. The summed E-state index contributed by atoms with van der Waals surface area (Å²) in [5.74, 6) is 0. The summed E-state index contributed by atoms with van der Waals surface area (Å²) in [6, 6.07) is 0. The van der Waals surface area contributed by atoms with Crippen LogP contribution in [0.5, 0.6) is 0 Å². The molecule has 2 saturated heterocycles. The summed E-state index contributed by atoms with van der Waals surface area (Å²) in [4.78, 5) is 2.68. The molecule has 0 aromatic carbocycles. The first-order valence-electron chi connectivity index (χ1n) is 5.04. The lowest BCUT2D eigenvalue weighted by Crippen LogP contribution is -2.95. The Morgan fingerprint density at radius 1 is 1.00 bits per heavy atom. The van der Waals surface area contributed by atoms with Gasteiger partial charge in [-0.05, 0) is 12.8 Å². The fourth-order valence-corrected chi connectivity index (χ4v) is 2.34. The Morgan fingerprint density at radius 3 is 2.91 bits per heavy atom. The van der Waals surface area contributed by atoms with Crippen molar-refractivity contribution in [1.82, 2.24) is 4.90 Å². The standard InChI is InChI=1S/C9H18N2/c1-2-5-9-10-6-4-8-11(9)7-3-1/h9-10H,1-8H2/p+1. The highest BCUT2D eigenvalue weighted by Crippen LogP contribution is 2.13. The van der Waals surface area contributed by atoms with E-state index >= 15 is 0 Å². The highest BCUT2D eigenvalue weighted by molar-refractivity contribution is 4.68. The SMILES string of the molecule is C1CCC2[NH2+]CCCN2CC1. The van der Waals surface area contributed by atoms with Crippen molar-refractivity contribution in [3.63, 3.8) is 0 Å². The summed E-state index contributed by atoms with van der Waals surface area (Å²) >= 11 is 0. The van der Waals surface area contributed by atoms with Gasteiger partial charge in [-0.2, -0.15) is 0 Å². The Hall–Kier alpha value is -0.0800. The van der Waals surface area contributed by atoms with Crippen LogP contribution < -0.4 is 5.32 Å². The monoisotopic (exact) mass is 155 g/mol. The van der Waals surface area contributed by atoms with Gasteiger partial charge in [0.15, 0.2) is 0 Å². The fraction of sp³-hybridized carbons (Fsp3) is 1.00. The van der Waals surface area contributed by atoms with Gasteiger partial charge in [0.25, 0.3) is 0 Å². The van der Waals surface area contributed by atoms with Crippen molar-refractivity contribution in [1.29, 1.82) is 0 Å². The fourth-order valence-electron chi connectivity index (χ4n) is 2.34. The maximum absolute atomic E-state index is 2.68. The number of rotatable bonds is 0. The van der Waals surface area contributed by atoms with E-state index in [1.54, 1.807) is 0 Å². The highest BCUT2D eigenvalue weighted by atomic mass is 15.3. The summed E-state index contributed by atoms with van der Waals surface area (Å²) in [5.41, 5.74) is 0. The van der Waals surface area contributed by atoms with Crippen LogP contribution in [0.25, 0.3) is 0 Å². The third kappa shape index (κ3) is 1.74. The van der Waals surface area contributed by atoms with Crippen LogP contribution >= 0.6 is 0 Å². The van der Waals surface area contributed by atoms with Gasteiger partial charge in [0, 0.05) is 25.9 Å². The van der Waals surface area contributed by atoms with Crippen LogP contribution in [-0.2, 0) is 0 Å². The zero-order valence-corrected chi connectivity index (χ0v) is 7.26.